The third kappa shape index (κ3) is 4.60. The van der Waals surface area contributed by atoms with Crippen molar-refractivity contribution in [2.75, 3.05) is 31.8 Å². The summed E-state index contributed by atoms with van der Waals surface area (Å²) in [7, 11) is 1.88. The van der Waals surface area contributed by atoms with Crippen molar-refractivity contribution in [2.45, 2.75) is 19.0 Å². The number of fused-ring (bicyclic) bond motifs is 1. The Balaban J connectivity index is 1.34. The smallest absolute Gasteiger partial charge is 0.291 e. The number of rotatable bonds is 6. The molecule has 0 saturated carbocycles. The summed E-state index contributed by atoms with van der Waals surface area (Å²) in [6, 6.07) is 17.2. The zero-order chi connectivity index (χ0) is 22.8. The van der Waals surface area contributed by atoms with Gasteiger partial charge in [-0.15, -0.1) is 5.10 Å². The van der Waals surface area contributed by atoms with Crippen LogP contribution < -0.4 is 15.0 Å². The van der Waals surface area contributed by atoms with Crippen LogP contribution in [0.15, 0.2) is 54.6 Å². The number of nitrogens with one attached hydrogen (secondary N) is 1. The molecule has 1 N–H and O–H groups in total. The van der Waals surface area contributed by atoms with Gasteiger partial charge < -0.3 is 19.7 Å². The van der Waals surface area contributed by atoms with Crippen molar-refractivity contribution in [3.8, 4) is 5.75 Å². The van der Waals surface area contributed by atoms with Gasteiger partial charge >= 0.3 is 0 Å². The van der Waals surface area contributed by atoms with Gasteiger partial charge in [-0.1, -0.05) is 54.7 Å². The predicted octanol–water partition coefficient (Wildman–Crippen LogP) is 2.47. The van der Waals surface area contributed by atoms with Crippen LogP contribution in [0.5, 0.6) is 5.75 Å². The molecule has 8 nitrogen and oxygen atoms in total. The van der Waals surface area contributed by atoms with Crippen molar-refractivity contribution in [3.05, 3.63) is 71.8 Å². The van der Waals surface area contributed by atoms with Gasteiger partial charge in [0.15, 0.2) is 0 Å². The maximum Gasteiger partial charge on any atom is 0.291 e. The molecule has 2 aromatic carbocycles. The molecule has 1 fully saturated rings. The first kappa shape index (κ1) is 21.5. The topological polar surface area (TPSA) is 81.5 Å². The van der Waals surface area contributed by atoms with E-state index in [1.165, 1.54) is 0 Å². The average molecular weight is 464 g/mol. The number of hydrogen-bond donors (Lipinski definition) is 1. The second kappa shape index (κ2) is 9.29. The fraction of sp³-hybridized carbons (Fsp3) is 0.333. The van der Waals surface area contributed by atoms with E-state index in [9.17, 15) is 4.79 Å². The van der Waals surface area contributed by atoms with Gasteiger partial charge in [-0.25, -0.2) is 9.67 Å². The number of amides is 1. The van der Waals surface area contributed by atoms with E-state index >= 15 is 0 Å². The average Bonchev–Trinajstić information content (AvgIpc) is 3.16. The monoisotopic (exact) mass is 463 g/mol. The van der Waals surface area contributed by atoms with E-state index in [2.05, 4.69) is 15.4 Å². The van der Waals surface area contributed by atoms with E-state index in [1.807, 2.05) is 71.2 Å². The summed E-state index contributed by atoms with van der Waals surface area (Å²) in [5.41, 5.74) is 1.98. The maximum absolute atomic E-state index is 13.1. The molecule has 33 heavy (non-hydrogen) atoms. The van der Waals surface area contributed by atoms with Crippen molar-refractivity contribution >= 4 is 28.8 Å². The van der Waals surface area contributed by atoms with Crippen LogP contribution in [-0.2, 0) is 17.7 Å². The molecule has 1 aromatic heterocycles. The number of anilines is 1. The van der Waals surface area contributed by atoms with E-state index in [4.69, 9.17) is 21.7 Å². The number of para-hydroxylation sites is 2. The minimum atomic E-state index is -0.477. The Morgan fingerprint density at radius 3 is 2.64 bits per heavy atom. The molecule has 1 amide bonds. The van der Waals surface area contributed by atoms with Crippen LogP contribution in [0.4, 0.5) is 5.69 Å². The molecule has 0 bridgehead atoms. The van der Waals surface area contributed by atoms with Crippen LogP contribution >= 0.6 is 12.2 Å². The van der Waals surface area contributed by atoms with Gasteiger partial charge in [0, 0.05) is 19.4 Å². The van der Waals surface area contributed by atoms with E-state index in [1.54, 1.807) is 0 Å². The Morgan fingerprint density at radius 2 is 1.88 bits per heavy atom. The highest BCUT2D eigenvalue weighted by Crippen LogP contribution is 2.30. The quantitative estimate of drug-likeness (QED) is 0.563. The highest BCUT2D eigenvalue weighted by molar-refractivity contribution is 7.80. The molecule has 1 atom stereocenters. The van der Waals surface area contributed by atoms with Crippen molar-refractivity contribution in [1.29, 1.82) is 0 Å². The van der Waals surface area contributed by atoms with Gasteiger partial charge in [0.05, 0.1) is 25.4 Å². The van der Waals surface area contributed by atoms with Gasteiger partial charge in [0.25, 0.3) is 5.91 Å². The first-order chi connectivity index (χ1) is 16.1. The third-order valence-corrected chi connectivity index (χ3v) is 6.42. The minimum absolute atomic E-state index is 0.133. The lowest BCUT2D eigenvalue weighted by molar-refractivity contribution is -0.0412. The van der Waals surface area contributed by atoms with E-state index in [0.29, 0.717) is 37.1 Å². The van der Waals surface area contributed by atoms with E-state index in [-0.39, 0.29) is 18.3 Å². The van der Waals surface area contributed by atoms with Crippen LogP contribution in [0.3, 0.4) is 0 Å². The summed E-state index contributed by atoms with van der Waals surface area (Å²) in [6.07, 6.45) is 0.595. The Bertz CT molecular complexity index is 1160. The van der Waals surface area contributed by atoms with Crippen LogP contribution in [-0.4, -0.2) is 58.6 Å². The maximum atomic E-state index is 13.1. The van der Waals surface area contributed by atoms with Crippen LogP contribution in [0.25, 0.3) is 0 Å². The Hall–Kier alpha value is -3.30. The molecule has 1 saturated heterocycles. The number of likely N-dealkylation sites (N-methyl/N-ethyl adjacent to an activating group) is 1. The molecule has 0 unspecified atom stereocenters. The number of thiocarbonyl (C=S) groups is 1. The third-order valence-electron chi connectivity index (χ3n) is 5.86. The summed E-state index contributed by atoms with van der Waals surface area (Å²) < 4.78 is 13.1. The molecule has 0 radical (unpaired) electrons. The van der Waals surface area contributed by atoms with E-state index in [0.717, 1.165) is 22.8 Å². The molecule has 0 aliphatic carbocycles. The molecule has 5 rings (SSSR count). The largest absolute Gasteiger partial charge is 0.489 e. The summed E-state index contributed by atoms with van der Waals surface area (Å²) in [6.45, 7) is 2.31. The number of hydrogen-bond acceptors (Lipinski definition) is 6. The first-order valence-electron chi connectivity index (χ1n) is 10.9. The predicted molar refractivity (Wildman–Crippen MR) is 128 cm³/mol. The van der Waals surface area contributed by atoms with E-state index < -0.39 is 6.04 Å². The molecule has 170 valence electrons. The lowest BCUT2D eigenvalue weighted by atomic mass is 10.1. The molecular weight excluding hydrogens is 438 g/mol. The molecule has 0 spiro atoms. The van der Waals surface area contributed by atoms with Crippen molar-refractivity contribution in [1.82, 2.24) is 20.1 Å². The zero-order valence-electron chi connectivity index (χ0n) is 18.3. The number of nitrogens with zero attached hydrogens (tertiary/aromatic N) is 4. The van der Waals surface area contributed by atoms with Gasteiger partial charge in [0.2, 0.25) is 5.82 Å². The highest BCUT2D eigenvalue weighted by atomic mass is 32.1. The number of carbonyl (C=O) groups is 1. The first-order valence-corrected chi connectivity index (χ1v) is 11.3. The number of ether oxygens (including phenoxy) is 2. The summed E-state index contributed by atoms with van der Waals surface area (Å²) in [4.78, 5) is 20.2. The van der Waals surface area contributed by atoms with Crippen molar-refractivity contribution in [2.24, 2.45) is 5.92 Å². The fourth-order valence-corrected chi connectivity index (χ4v) is 4.17. The standard InChI is InChI=1S/C24H25N5O3S/c1-28-19-9-5-6-10-20(19)32-15-18(24(28)33)25-23(30)22-26-21(11-16-7-3-2-4-8-16)29(27-22)12-17-13-31-14-17/h2-10,17-18H,11-15H2,1H3,(H,25,30)/t18-/m0/s1. The minimum Gasteiger partial charge on any atom is -0.489 e. The van der Waals surface area contributed by atoms with Gasteiger partial charge in [0.1, 0.15) is 29.2 Å². The Labute approximate surface area is 197 Å². The summed E-state index contributed by atoms with van der Waals surface area (Å²) >= 11 is 5.65. The highest BCUT2D eigenvalue weighted by Gasteiger charge is 2.29. The van der Waals surface area contributed by atoms with Crippen LogP contribution in [0.2, 0.25) is 0 Å². The molecule has 3 aromatic rings. The summed E-state index contributed by atoms with van der Waals surface area (Å²) in [5, 5.41) is 7.51. The Morgan fingerprint density at radius 1 is 1.12 bits per heavy atom. The zero-order valence-corrected chi connectivity index (χ0v) is 19.1. The summed E-state index contributed by atoms with van der Waals surface area (Å²) in [5.74, 6) is 1.63. The lowest BCUT2D eigenvalue weighted by Crippen LogP contribution is -2.48. The molecular formula is C24H25N5O3S. The van der Waals surface area contributed by atoms with Gasteiger partial charge in [-0.3, -0.25) is 4.79 Å². The normalized spacial score (nSPS) is 18.2. The van der Waals surface area contributed by atoms with Gasteiger partial charge in [-0.2, -0.15) is 0 Å². The number of aromatic nitrogens is 3. The molecule has 2 aliphatic rings. The molecule has 3 heterocycles. The molecule has 2 aliphatic heterocycles. The Kier molecular flexibility index (Phi) is 6.06. The second-order valence-electron chi connectivity index (χ2n) is 8.30. The number of benzene rings is 2. The van der Waals surface area contributed by atoms with Crippen LogP contribution in [0.1, 0.15) is 22.0 Å². The van der Waals surface area contributed by atoms with Gasteiger partial charge in [-0.05, 0) is 17.7 Å². The van der Waals surface area contributed by atoms with Crippen molar-refractivity contribution < 1.29 is 14.3 Å². The SMILES string of the molecule is CN1C(=S)[C@@H](NC(=O)c2nc(Cc3ccccc3)n(CC3COC3)n2)COc2ccccc21. The van der Waals surface area contributed by atoms with Crippen molar-refractivity contribution in [3.63, 3.8) is 0 Å². The molecule has 9 heteroatoms. The second-order valence-corrected chi connectivity index (χ2v) is 8.72. The lowest BCUT2D eigenvalue weighted by Gasteiger charge is -2.26. The fourth-order valence-electron chi connectivity index (χ4n) is 3.94. The number of carbonyl (C=O) groups excluding carboxylic acids is 1. The van der Waals surface area contributed by atoms with Crippen LogP contribution in [0, 0.1) is 5.92 Å².